The number of aryl methyl sites for hydroxylation is 1. The van der Waals surface area contributed by atoms with Crippen LogP contribution in [0.4, 0.5) is 0 Å². The van der Waals surface area contributed by atoms with Gasteiger partial charge in [0.2, 0.25) is 5.76 Å². The lowest BCUT2D eigenvalue weighted by molar-refractivity contribution is 0.0167. The third-order valence-corrected chi connectivity index (χ3v) is 5.54. The SMILES string of the molecule is CCc1nccn1[C@H](CN)c1cc(C#Cc2ccc(OC3CN(CCCO)C3)cc2)on1. The average Bonchev–Trinajstić information content (AvgIpc) is 3.45. The normalized spacial score (nSPS) is 15.1. The van der Waals surface area contributed by atoms with E-state index >= 15 is 0 Å². The molecule has 1 aliphatic heterocycles. The Bertz CT molecular complexity index is 1060. The zero-order valence-corrected chi connectivity index (χ0v) is 18.3. The van der Waals surface area contributed by atoms with Crippen molar-refractivity contribution < 1.29 is 14.4 Å². The summed E-state index contributed by atoms with van der Waals surface area (Å²) in [5, 5.41) is 13.1. The molecule has 0 aliphatic carbocycles. The van der Waals surface area contributed by atoms with Gasteiger partial charge < -0.3 is 24.7 Å². The average molecular weight is 436 g/mol. The zero-order valence-electron chi connectivity index (χ0n) is 18.3. The molecule has 4 rings (SSSR count). The first-order chi connectivity index (χ1) is 15.7. The van der Waals surface area contributed by atoms with Gasteiger partial charge in [-0.1, -0.05) is 18.0 Å². The molecule has 0 spiro atoms. The van der Waals surface area contributed by atoms with Crippen molar-refractivity contribution in [3.63, 3.8) is 0 Å². The van der Waals surface area contributed by atoms with E-state index in [1.807, 2.05) is 41.1 Å². The smallest absolute Gasteiger partial charge is 0.210 e. The number of likely N-dealkylation sites (tertiary alicyclic amines) is 1. The summed E-state index contributed by atoms with van der Waals surface area (Å²) in [6.45, 7) is 5.41. The summed E-state index contributed by atoms with van der Waals surface area (Å²) in [4.78, 5) is 6.64. The van der Waals surface area contributed by atoms with E-state index in [2.05, 4.69) is 33.8 Å². The van der Waals surface area contributed by atoms with E-state index in [9.17, 15) is 0 Å². The second-order valence-corrected chi connectivity index (χ2v) is 7.82. The molecule has 3 N–H and O–H groups in total. The number of hydrogen-bond acceptors (Lipinski definition) is 7. The van der Waals surface area contributed by atoms with Gasteiger partial charge in [0.05, 0.1) is 6.04 Å². The van der Waals surface area contributed by atoms with Crippen LogP contribution in [0.2, 0.25) is 0 Å². The van der Waals surface area contributed by atoms with Crippen molar-refractivity contribution in [3.8, 4) is 17.6 Å². The summed E-state index contributed by atoms with van der Waals surface area (Å²) in [5.74, 6) is 8.42. The Kier molecular flexibility index (Phi) is 7.22. The van der Waals surface area contributed by atoms with Crippen molar-refractivity contribution in [2.45, 2.75) is 31.9 Å². The van der Waals surface area contributed by atoms with Gasteiger partial charge in [-0.05, 0) is 36.6 Å². The molecule has 168 valence electrons. The van der Waals surface area contributed by atoms with Gasteiger partial charge in [-0.3, -0.25) is 4.90 Å². The Morgan fingerprint density at radius 1 is 1.28 bits per heavy atom. The molecule has 1 saturated heterocycles. The highest BCUT2D eigenvalue weighted by Gasteiger charge is 2.27. The summed E-state index contributed by atoms with van der Waals surface area (Å²) >= 11 is 0. The van der Waals surface area contributed by atoms with Crippen LogP contribution < -0.4 is 10.5 Å². The minimum atomic E-state index is -0.130. The highest BCUT2D eigenvalue weighted by Crippen LogP contribution is 2.20. The first kappa shape index (κ1) is 22.1. The van der Waals surface area contributed by atoms with Crippen molar-refractivity contribution in [3.05, 3.63) is 65.6 Å². The summed E-state index contributed by atoms with van der Waals surface area (Å²) in [6, 6.07) is 9.44. The minimum absolute atomic E-state index is 0.130. The molecule has 8 heteroatoms. The minimum Gasteiger partial charge on any atom is -0.488 e. The maximum atomic E-state index is 8.89. The van der Waals surface area contributed by atoms with Crippen LogP contribution in [-0.4, -0.2) is 63.6 Å². The van der Waals surface area contributed by atoms with Crippen LogP contribution in [0.5, 0.6) is 5.75 Å². The number of imidazole rings is 1. The molecule has 1 fully saturated rings. The molecular formula is C24H29N5O3. The van der Waals surface area contributed by atoms with Crippen LogP contribution in [-0.2, 0) is 6.42 Å². The highest BCUT2D eigenvalue weighted by atomic mass is 16.5. The number of aliphatic hydroxyl groups is 1. The van der Waals surface area contributed by atoms with E-state index < -0.39 is 0 Å². The van der Waals surface area contributed by atoms with Crippen molar-refractivity contribution in [2.24, 2.45) is 5.73 Å². The van der Waals surface area contributed by atoms with E-state index in [0.29, 0.717) is 12.3 Å². The van der Waals surface area contributed by atoms with E-state index in [1.54, 1.807) is 6.20 Å². The van der Waals surface area contributed by atoms with Crippen LogP contribution in [0.15, 0.2) is 47.2 Å². The van der Waals surface area contributed by atoms with Gasteiger partial charge in [-0.15, -0.1) is 0 Å². The van der Waals surface area contributed by atoms with Gasteiger partial charge in [-0.2, -0.15) is 0 Å². The highest BCUT2D eigenvalue weighted by molar-refractivity contribution is 5.42. The van der Waals surface area contributed by atoms with Gasteiger partial charge in [-0.25, -0.2) is 4.98 Å². The quantitative estimate of drug-likeness (QED) is 0.494. The Hall–Kier alpha value is -3.12. The van der Waals surface area contributed by atoms with Crippen molar-refractivity contribution in [2.75, 3.05) is 32.8 Å². The maximum Gasteiger partial charge on any atom is 0.210 e. The molecule has 0 saturated carbocycles. The summed E-state index contributed by atoms with van der Waals surface area (Å²) in [7, 11) is 0. The number of nitrogens with two attached hydrogens (primary N) is 1. The van der Waals surface area contributed by atoms with E-state index in [1.165, 1.54) is 0 Å². The molecule has 0 bridgehead atoms. The molecule has 3 aromatic rings. The van der Waals surface area contributed by atoms with Crippen molar-refractivity contribution in [1.29, 1.82) is 0 Å². The second-order valence-electron chi connectivity index (χ2n) is 7.82. The lowest BCUT2D eigenvalue weighted by Gasteiger charge is -2.38. The molecular weight excluding hydrogens is 406 g/mol. The lowest BCUT2D eigenvalue weighted by Crippen LogP contribution is -2.53. The molecule has 32 heavy (non-hydrogen) atoms. The second kappa shape index (κ2) is 10.5. The summed E-state index contributed by atoms with van der Waals surface area (Å²) in [6.07, 6.45) is 5.52. The van der Waals surface area contributed by atoms with Crippen LogP contribution in [0, 0.1) is 11.8 Å². The monoisotopic (exact) mass is 435 g/mol. The molecule has 0 amide bonds. The Morgan fingerprint density at radius 3 is 2.81 bits per heavy atom. The number of aliphatic hydroxyl groups excluding tert-OH is 1. The lowest BCUT2D eigenvalue weighted by atomic mass is 10.1. The Morgan fingerprint density at radius 2 is 2.09 bits per heavy atom. The maximum absolute atomic E-state index is 8.89. The molecule has 1 aliphatic rings. The van der Waals surface area contributed by atoms with Gasteiger partial charge in [0, 0.05) is 63.2 Å². The van der Waals surface area contributed by atoms with E-state index in [0.717, 1.165) is 55.3 Å². The molecule has 0 unspecified atom stereocenters. The number of nitrogens with zero attached hydrogens (tertiary/aromatic N) is 4. The largest absolute Gasteiger partial charge is 0.488 e. The molecule has 2 aromatic heterocycles. The fraction of sp³-hybridized carbons (Fsp3) is 0.417. The van der Waals surface area contributed by atoms with Crippen molar-refractivity contribution >= 4 is 0 Å². The zero-order chi connectivity index (χ0) is 22.3. The molecule has 1 aromatic carbocycles. The standard InChI is InChI=1S/C24H29N5O3/c1-2-24-26-10-12-29(24)23(15-25)22-14-20(32-27-22)9-6-18-4-7-19(8-5-18)31-21-16-28(17-21)11-3-13-30/h4-5,7-8,10,12,14,21,23,30H,2-3,11,13,15-17,25H2,1H3/t23-/m1/s1. The number of rotatable bonds is 9. The third kappa shape index (κ3) is 5.19. The Balaban J connectivity index is 1.34. The van der Waals surface area contributed by atoms with Crippen LogP contribution in [0.25, 0.3) is 0 Å². The van der Waals surface area contributed by atoms with Crippen molar-refractivity contribution in [1.82, 2.24) is 19.6 Å². The fourth-order valence-electron chi connectivity index (χ4n) is 3.80. The third-order valence-electron chi connectivity index (χ3n) is 5.54. The van der Waals surface area contributed by atoms with Crippen LogP contribution in [0.1, 0.15) is 42.2 Å². The molecule has 8 nitrogen and oxygen atoms in total. The number of ether oxygens (including phenoxy) is 1. The van der Waals surface area contributed by atoms with E-state index in [4.69, 9.17) is 20.1 Å². The number of hydrogen-bond donors (Lipinski definition) is 2. The van der Waals surface area contributed by atoms with Gasteiger partial charge in [0.15, 0.2) is 0 Å². The van der Waals surface area contributed by atoms with Gasteiger partial charge >= 0.3 is 0 Å². The fourth-order valence-corrected chi connectivity index (χ4v) is 3.80. The molecule has 3 heterocycles. The van der Waals surface area contributed by atoms with Crippen LogP contribution in [0.3, 0.4) is 0 Å². The first-order valence-electron chi connectivity index (χ1n) is 11.0. The predicted molar refractivity (Wildman–Crippen MR) is 120 cm³/mol. The summed E-state index contributed by atoms with van der Waals surface area (Å²) in [5.41, 5.74) is 7.60. The summed E-state index contributed by atoms with van der Waals surface area (Å²) < 4.78 is 13.4. The Labute approximate surface area is 188 Å². The van der Waals surface area contributed by atoms with Crippen LogP contribution >= 0.6 is 0 Å². The van der Waals surface area contributed by atoms with Gasteiger partial charge in [0.25, 0.3) is 0 Å². The predicted octanol–water partition coefficient (Wildman–Crippen LogP) is 1.83. The first-order valence-corrected chi connectivity index (χ1v) is 11.0. The van der Waals surface area contributed by atoms with Gasteiger partial charge in [0.1, 0.15) is 23.4 Å². The number of aromatic nitrogens is 3. The topological polar surface area (TPSA) is 103 Å². The molecule has 1 atom stereocenters. The number of benzene rings is 1. The van der Waals surface area contributed by atoms with E-state index in [-0.39, 0.29) is 18.8 Å². The molecule has 0 radical (unpaired) electrons.